The number of hydrogen-bond donors (Lipinski definition) is 1. The van der Waals surface area contributed by atoms with Gasteiger partial charge in [0.2, 0.25) is 0 Å². The van der Waals surface area contributed by atoms with Gasteiger partial charge in [0.25, 0.3) is 0 Å². The van der Waals surface area contributed by atoms with Gasteiger partial charge in [0.1, 0.15) is 0 Å². The highest BCUT2D eigenvalue weighted by molar-refractivity contribution is 8.14. The van der Waals surface area contributed by atoms with Crippen molar-refractivity contribution < 1.29 is 0 Å². The van der Waals surface area contributed by atoms with Crippen LogP contribution in [0, 0.1) is 0 Å². The normalized spacial score (nSPS) is 20.2. The van der Waals surface area contributed by atoms with Crippen LogP contribution in [0.5, 0.6) is 0 Å². The van der Waals surface area contributed by atoms with Gasteiger partial charge in [-0.2, -0.15) is 0 Å². The Morgan fingerprint density at radius 1 is 1.00 bits per heavy atom. The highest BCUT2D eigenvalue weighted by Crippen LogP contribution is 2.35. The van der Waals surface area contributed by atoms with E-state index in [9.17, 15) is 0 Å². The van der Waals surface area contributed by atoms with Crippen LogP contribution in [0.2, 0.25) is 0 Å². The summed E-state index contributed by atoms with van der Waals surface area (Å²) >= 11 is 1.83. The monoisotopic (exact) mass is 294 g/mol. The zero-order valence-electron chi connectivity index (χ0n) is 11.9. The molecule has 0 saturated heterocycles. The van der Waals surface area contributed by atoms with E-state index in [4.69, 9.17) is 0 Å². The van der Waals surface area contributed by atoms with Gasteiger partial charge < -0.3 is 5.32 Å². The van der Waals surface area contributed by atoms with E-state index in [0.29, 0.717) is 5.25 Å². The molecule has 1 heterocycles. The van der Waals surface area contributed by atoms with Crippen LogP contribution in [0.3, 0.4) is 0 Å². The highest BCUT2D eigenvalue weighted by Gasteiger charge is 2.21. The van der Waals surface area contributed by atoms with E-state index >= 15 is 0 Å². The number of nitrogens with zero attached hydrogens (tertiary/aromatic N) is 1. The molecule has 0 bridgehead atoms. The number of fused-ring (bicyclic) bond motifs is 1. The maximum Gasteiger partial charge on any atom is 0.161 e. The molecule has 1 N–H and O–H groups in total. The Morgan fingerprint density at radius 3 is 2.76 bits per heavy atom. The maximum atomic E-state index is 4.65. The van der Waals surface area contributed by atoms with Gasteiger partial charge in [0, 0.05) is 5.69 Å². The maximum absolute atomic E-state index is 4.65. The van der Waals surface area contributed by atoms with Gasteiger partial charge >= 0.3 is 0 Å². The molecule has 2 aliphatic rings. The van der Waals surface area contributed by atoms with Crippen LogP contribution in [0.4, 0.5) is 5.69 Å². The van der Waals surface area contributed by atoms with Crippen molar-refractivity contribution in [2.75, 3.05) is 11.9 Å². The van der Waals surface area contributed by atoms with Crippen molar-refractivity contribution in [3.05, 3.63) is 65.2 Å². The predicted molar refractivity (Wildman–Crippen MR) is 91.2 cm³/mol. The summed E-state index contributed by atoms with van der Waals surface area (Å²) in [5.74, 6) is 0. The summed E-state index contributed by atoms with van der Waals surface area (Å²) in [5, 5.41) is 4.97. The number of nitrogens with one attached hydrogen (secondary N) is 1. The molecule has 0 fully saturated rings. The Balaban J connectivity index is 1.45. The van der Waals surface area contributed by atoms with Crippen LogP contribution in [0.25, 0.3) is 0 Å². The Morgan fingerprint density at radius 2 is 1.86 bits per heavy atom. The standard InChI is InChI=1S/C18H18N2S/c1-2-5-14(6-3-1)17-12-19-18(21-17)20-16-10-9-13-7-4-8-15(13)11-16/h1-3,5-6,9-11,17H,4,7-8,12H2,(H,19,20). The number of thioether (sulfide) groups is 1. The number of rotatable bonds is 2. The van der Waals surface area contributed by atoms with Gasteiger partial charge in [-0.15, -0.1) is 0 Å². The van der Waals surface area contributed by atoms with Crippen LogP contribution in [0.1, 0.15) is 28.4 Å². The van der Waals surface area contributed by atoms with Gasteiger partial charge in [-0.3, -0.25) is 4.99 Å². The summed E-state index contributed by atoms with van der Waals surface area (Å²) in [6, 6.07) is 17.4. The SMILES string of the molecule is c1ccc(C2CN=C(Nc3ccc4c(c3)CCC4)S2)cc1. The molecule has 0 saturated carbocycles. The lowest BCUT2D eigenvalue weighted by atomic mass is 10.1. The lowest BCUT2D eigenvalue weighted by molar-refractivity contribution is 0.912. The second kappa shape index (κ2) is 5.57. The van der Waals surface area contributed by atoms with E-state index < -0.39 is 0 Å². The molecule has 2 nitrogen and oxygen atoms in total. The average Bonchev–Trinajstić information content (AvgIpc) is 3.17. The summed E-state index contributed by atoms with van der Waals surface area (Å²) in [5.41, 5.74) is 5.56. The minimum absolute atomic E-state index is 0.447. The van der Waals surface area contributed by atoms with Gasteiger partial charge in [0.15, 0.2) is 5.17 Å². The van der Waals surface area contributed by atoms with E-state index in [0.717, 1.165) is 11.7 Å². The summed E-state index contributed by atoms with van der Waals surface area (Å²) in [4.78, 5) is 4.65. The predicted octanol–water partition coefficient (Wildman–Crippen LogP) is 4.43. The molecule has 2 aromatic rings. The number of anilines is 1. The van der Waals surface area contributed by atoms with Gasteiger partial charge in [0.05, 0.1) is 11.8 Å². The number of benzene rings is 2. The highest BCUT2D eigenvalue weighted by atomic mass is 32.2. The second-order valence-corrected chi connectivity index (χ2v) is 6.82. The van der Waals surface area contributed by atoms with E-state index in [2.05, 4.69) is 58.8 Å². The molecule has 2 aromatic carbocycles. The van der Waals surface area contributed by atoms with Crippen molar-refractivity contribution in [3.63, 3.8) is 0 Å². The summed E-state index contributed by atoms with van der Waals surface area (Å²) in [7, 11) is 0. The first-order chi connectivity index (χ1) is 10.4. The molecule has 4 rings (SSSR count). The van der Waals surface area contributed by atoms with Crippen molar-refractivity contribution in [3.8, 4) is 0 Å². The molecule has 21 heavy (non-hydrogen) atoms. The van der Waals surface area contributed by atoms with E-state index in [1.807, 2.05) is 11.8 Å². The zero-order chi connectivity index (χ0) is 14.1. The Labute approximate surface area is 129 Å². The van der Waals surface area contributed by atoms with Crippen LogP contribution in [-0.2, 0) is 12.8 Å². The van der Waals surface area contributed by atoms with E-state index in [1.165, 1.54) is 41.6 Å². The molecule has 106 valence electrons. The van der Waals surface area contributed by atoms with Gasteiger partial charge in [-0.1, -0.05) is 48.2 Å². The van der Waals surface area contributed by atoms with Crippen molar-refractivity contribution in [2.45, 2.75) is 24.5 Å². The first kappa shape index (κ1) is 13.0. The third-order valence-corrected chi connectivity index (χ3v) is 5.34. The Bertz CT molecular complexity index is 679. The topological polar surface area (TPSA) is 24.4 Å². The molecule has 1 aliphatic carbocycles. The molecule has 1 atom stereocenters. The lowest BCUT2D eigenvalue weighted by Gasteiger charge is -2.10. The smallest absolute Gasteiger partial charge is 0.161 e. The average molecular weight is 294 g/mol. The minimum atomic E-state index is 0.447. The lowest BCUT2D eigenvalue weighted by Crippen LogP contribution is -2.05. The van der Waals surface area contributed by atoms with Crippen molar-refractivity contribution in [1.29, 1.82) is 0 Å². The number of hydrogen-bond acceptors (Lipinski definition) is 3. The van der Waals surface area contributed by atoms with Crippen LogP contribution < -0.4 is 5.32 Å². The first-order valence-corrected chi connectivity index (χ1v) is 8.41. The van der Waals surface area contributed by atoms with Gasteiger partial charge in [-0.05, 0) is 48.1 Å². The van der Waals surface area contributed by atoms with Crippen LogP contribution in [-0.4, -0.2) is 11.7 Å². The Kier molecular flexibility index (Phi) is 3.44. The van der Waals surface area contributed by atoms with Gasteiger partial charge in [-0.25, -0.2) is 0 Å². The summed E-state index contributed by atoms with van der Waals surface area (Å²) in [6.07, 6.45) is 3.75. The first-order valence-electron chi connectivity index (χ1n) is 7.53. The second-order valence-electron chi connectivity index (χ2n) is 5.63. The zero-order valence-corrected chi connectivity index (χ0v) is 12.7. The quantitative estimate of drug-likeness (QED) is 0.886. The van der Waals surface area contributed by atoms with Crippen molar-refractivity contribution in [1.82, 2.24) is 0 Å². The molecule has 0 aromatic heterocycles. The van der Waals surface area contributed by atoms with Crippen molar-refractivity contribution in [2.24, 2.45) is 4.99 Å². The van der Waals surface area contributed by atoms with E-state index in [1.54, 1.807) is 0 Å². The molecule has 0 radical (unpaired) electrons. The molecule has 0 spiro atoms. The third kappa shape index (κ3) is 2.70. The fraction of sp³-hybridized carbons (Fsp3) is 0.278. The minimum Gasteiger partial charge on any atom is -0.335 e. The number of aliphatic imine (C=N–C) groups is 1. The van der Waals surface area contributed by atoms with Crippen LogP contribution in [0.15, 0.2) is 53.5 Å². The summed E-state index contributed by atoms with van der Waals surface area (Å²) in [6.45, 7) is 0.863. The number of amidine groups is 1. The fourth-order valence-electron chi connectivity index (χ4n) is 3.06. The third-order valence-electron chi connectivity index (χ3n) is 4.18. The summed E-state index contributed by atoms with van der Waals surface area (Å²) < 4.78 is 0. The van der Waals surface area contributed by atoms with E-state index in [-0.39, 0.29) is 0 Å². The molecule has 1 aliphatic heterocycles. The molecule has 3 heteroatoms. The van der Waals surface area contributed by atoms with Crippen LogP contribution >= 0.6 is 11.8 Å². The molecule has 1 unspecified atom stereocenters. The van der Waals surface area contributed by atoms with Crippen molar-refractivity contribution >= 4 is 22.6 Å². The molecule has 0 amide bonds. The number of aryl methyl sites for hydroxylation is 2. The fourth-order valence-corrected chi connectivity index (χ4v) is 4.10. The Hall–Kier alpha value is -1.74. The molecular weight excluding hydrogens is 276 g/mol. The largest absolute Gasteiger partial charge is 0.335 e. The molecular formula is C18H18N2S.